The molecule has 116 valence electrons. The second kappa shape index (κ2) is 7.61. The second-order valence-corrected chi connectivity index (χ2v) is 5.67. The van der Waals surface area contributed by atoms with Crippen molar-refractivity contribution in [3.8, 4) is 0 Å². The molecule has 2 N–H and O–H groups in total. The van der Waals surface area contributed by atoms with Crippen molar-refractivity contribution in [2.24, 2.45) is 0 Å². The fourth-order valence-electron chi connectivity index (χ4n) is 2.58. The number of hydrogen-bond donors (Lipinski definition) is 2. The van der Waals surface area contributed by atoms with Gasteiger partial charge in [-0.2, -0.15) is 0 Å². The highest BCUT2D eigenvalue weighted by molar-refractivity contribution is 6.33. The van der Waals surface area contributed by atoms with E-state index in [2.05, 4.69) is 22.5 Å². The van der Waals surface area contributed by atoms with Crippen molar-refractivity contribution in [1.82, 2.24) is 10.3 Å². The summed E-state index contributed by atoms with van der Waals surface area (Å²) in [6.07, 6.45) is 5.58. The van der Waals surface area contributed by atoms with E-state index < -0.39 is 0 Å². The Kier molecular flexibility index (Phi) is 5.82. The Balaban J connectivity index is 2.07. The van der Waals surface area contributed by atoms with Gasteiger partial charge >= 0.3 is 0 Å². The van der Waals surface area contributed by atoms with Gasteiger partial charge in [-0.1, -0.05) is 18.5 Å². The number of nitrogens with one attached hydrogen (secondary N) is 2. The van der Waals surface area contributed by atoms with Gasteiger partial charge in [0.2, 0.25) is 0 Å². The molecule has 1 saturated carbocycles. The molecule has 0 spiro atoms. The third-order valence-electron chi connectivity index (χ3n) is 3.73. The van der Waals surface area contributed by atoms with E-state index in [0.717, 1.165) is 32.2 Å². The summed E-state index contributed by atoms with van der Waals surface area (Å²) in [5.74, 6) is 0.497. The van der Waals surface area contributed by atoms with Crippen LogP contribution in [0.2, 0.25) is 5.02 Å². The summed E-state index contributed by atoms with van der Waals surface area (Å²) in [6, 6.07) is 1.75. The molecule has 0 aromatic carbocycles. The number of halogens is 1. The van der Waals surface area contributed by atoms with E-state index in [1.165, 1.54) is 6.20 Å². The van der Waals surface area contributed by atoms with Crippen LogP contribution in [0.1, 0.15) is 43.0 Å². The van der Waals surface area contributed by atoms with Gasteiger partial charge in [-0.25, -0.2) is 4.98 Å². The van der Waals surface area contributed by atoms with Crippen LogP contribution in [-0.4, -0.2) is 36.7 Å². The van der Waals surface area contributed by atoms with E-state index in [4.69, 9.17) is 16.3 Å². The molecule has 0 bridgehead atoms. The van der Waals surface area contributed by atoms with Gasteiger partial charge in [0.1, 0.15) is 5.82 Å². The first-order valence-corrected chi connectivity index (χ1v) is 7.76. The lowest BCUT2D eigenvalue weighted by molar-refractivity contribution is 0.0722. The minimum Gasteiger partial charge on any atom is -0.379 e. The predicted octanol–water partition coefficient (Wildman–Crippen LogP) is 2.85. The monoisotopic (exact) mass is 311 g/mol. The van der Waals surface area contributed by atoms with Gasteiger partial charge in [0.15, 0.2) is 0 Å². The molecule has 1 aromatic heterocycles. The largest absolute Gasteiger partial charge is 0.379 e. The van der Waals surface area contributed by atoms with Gasteiger partial charge < -0.3 is 15.4 Å². The van der Waals surface area contributed by atoms with Crippen LogP contribution < -0.4 is 10.6 Å². The Labute approximate surface area is 130 Å². The molecular weight excluding hydrogens is 290 g/mol. The number of pyridine rings is 1. The maximum absolute atomic E-state index is 12.4. The quantitative estimate of drug-likeness (QED) is 0.848. The standard InChI is InChI=1S/C15H22ClN3O2/c1-3-7-17-14-8-10(11(16)9-18-14)15(20)19-12-5-4-6-13(12)21-2/h8-9,12-13H,3-7H2,1-2H3,(H,17,18)(H,19,20). The van der Waals surface area contributed by atoms with Crippen molar-refractivity contribution in [2.75, 3.05) is 19.0 Å². The molecule has 1 amide bonds. The van der Waals surface area contributed by atoms with Gasteiger partial charge in [0.05, 0.1) is 22.7 Å². The highest BCUT2D eigenvalue weighted by Gasteiger charge is 2.29. The lowest BCUT2D eigenvalue weighted by atomic mass is 10.1. The first-order valence-electron chi connectivity index (χ1n) is 7.38. The summed E-state index contributed by atoms with van der Waals surface area (Å²) < 4.78 is 5.40. The molecule has 1 fully saturated rings. The molecule has 2 rings (SSSR count). The number of nitrogens with zero attached hydrogens (tertiary/aromatic N) is 1. The fourth-order valence-corrected chi connectivity index (χ4v) is 2.77. The number of hydrogen-bond acceptors (Lipinski definition) is 4. The average Bonchev–Trinajstić information content (AvgIpc) is 2.93. The molecule has 0 radical (unpaired) electrons. The number of rotatable bonds is 6. The maximum atomic E-state index is 12.4. The highest BCUT2D eigenvalue weighted by atomic mass is 35.5. The minimum atomic E-state index is -0.170. The second-order valence-electron chi connectivity index (χ2n) is 5.26. The summed E-state index contributed by atoms with van der Waals surface area (Å²) in [5.41, 5.74) is 0.451. The van der Waals surface area contributed by atoms with E-state index in [-0.39, 0.29) is 18.1 Å². The molecule has 6 heteroatoms. The lowest BCUT2D eigenvalue weighted by Crippen LogP contribution is -2.40. The van der Waals surface area contributed by atoms with Crippen LogP contribution in [0.5, 0.6) is 0 Å². The Morgan fingerprint density at radius 3 is 3.05 bits per heavy atom. The van der Waals surface area contributed by atoms with Crippen LogP contribution in [0.4, 0.5) is 5.82 Å². The summed E-state index contributed by atoms with van der Waals surface area (Å²) >= 11 is 6.10. The zero-order valence-electron chi connectivity index (χ0n) is 12.5. The first-order chi connectivity index (χ1) is 10.2. The molecule has 2 unspecified atom stereocenters. The molecule has 1 heterocycles. The van der Waals surface area contributed by atoms with Crippen molar-refractivity contribution in [1.29, 1.82) is 0 Å². The lowest BCUT2D eigenvalue weighted by Gasteiger charge is -2.20. The van der Waals surface area contributed by atoms with Gasteiger partial charge in [0, 0.05) is 19.9 Å². The normalized spacial score (nSPS) is 21.3. The maximum Gasteiger partial charge on any atom is 0.253 e. The van der Waals surface area contributed by atoms with E-state index in [0.29, 0.717) is 16.4 Å². The third kappa shape index (κ3) is 4.08. The Bertz CT molecular complexity index is 496. The summed E-state index contributed by atoms with van der Waals surface area (Å²) in [6.45, 7) is 2.88. The number of ether oxygens (including phenoxy) is 1. The van der Waals surface area contributed by atoms with E-state index in [1.54, 1.807) is 13.2 Å². The number of anilines is 1. The van der Waals surface area contributed by atoms with Crippen LogP contribution in [0.25, 0.3) is 0 Å². The van der Waals surface area contributed by atoms with Crippen molar-refractivity contribution in [3.63, 3.8) is 0 Å². The Morgan fingerprint density at radius 2 is 2.33 bits per heavy atom. The van der Waals surface area contributed by atoms with E-state index >= 15 is 0 Å². The molecule has 1 aliphatic rings. The van der Waals surface area contributed by atoms with Gasteiger partial charge in [-0.05, 0) is 31.7 Å². The fraction of sp³-hybridized carbons (Fsp3) is 0.600. The van der Waals surface area contributed by atoms with Crippen molar-refractivity contribution in [3.05, 3.63) is 22.8 Å². The van der Waals surface area contributed by atoms with Crippen LogP contribution in [-0.2, 0) is 4.74 Å². The smallest absolute Gasteiger partial charge is 0.253 e. The number of carbonyl (C=O) groups excluding carboxylic acids is 1. The SMILES string of the molecule is CCCNc1cc(C(=O)NC2CCCC2OC)c(Cl)cn1. The topological polar surface area (TPSA) is 63.2 Å². The van der Waals surface area contributed by atoms with Crippen molar-refractivity contribution in [2.45, 2.75) is 44.8 Å². The van der Waals surface area contributed by atoms with Crippen LogP contribution >= 0.6 is 11.6 Å². The molecule has 0 saturated heterocycles. The molecule has 0 aliphatic heterocycles. The number of carbonyl (C=O) groups is 1. The summed E-state index contributed by atoms with van der Waals surface area (Å²) in [4.78, 5) is 16.6. The minimum absolute atomic E-state index is 0.0544. The zero-order chi connectivity index (χ0) is 15.2. The molecule has 1 aromatic rings. The first kappa shape index (κ1) is 16.0. The Morgan fingerprint density at radius 1 is 1.52 bits per heavy atom. The van der Waals surface area contributed by atoms with Gasteiger partial charge in [-0.15, -0.1) is 0 Å². The van der Waals surface area contributed by atoms with Gasteiger partial charge in [0.25, 0.3) is 5.91 Å². The Hall–Kier alpha value is -1.33. The van der Waals surface area contributed by atoms with Crippen molar-refractivity contribution < 1.29 is 9.53 Å². The van der Waals surface area contributed by atoms with Crippen LogP contribution in [0, 0.1) is 0 Å². The molecule has 2 atom stereocenters. The predicted molar refractivity (Wildman–Crippen MR) is 83.9 cm³/mol. The van der Waals surface area contributed by atoms with E-state index in [9.17, 15) is 4.79 Å². The zero-order valence-corrected chi connectivity index (χ0v) is 13.2. The molecular formula is C15H22ClN3O2. The number of aromatic nitrogens is 1. The van der Waals surface area contributed by atoms with Crippen LogP contribution in [0.15, 0.2) is 12.3 Å². The van der Waals surface area contributed by atoms with E-state index in [1.807, 2.05) is 0 Å². The van der Waals surface area contributed by atoms with Crippen molar-refractivity contribution >= 4 is 23.3 Å². The number of amides is 1. The third-order valence-corrected chi connectivity index (χ3v) is 4.03. The van der Waals surface area contributed by atoms with Crippen LogP contribution in [0.3, 0.4) is 0 Å². The molecule has 1 aliphatic carbocycles. The molecule has 21 heavy (non-hydrogen) atoms. The summed E-state index contributed by atoms with van der Waals surface area (Å²) in [5, 5.41) is 6.53. The van der Waals surface area contributed by atoms with Gasteiger partial charge in [-0.3, -0.25) is 4.79 Å². The highest BCUT2D eigenvalue weighted by Crippen LogP contribution is 2.23. The average molecular weight is 312 g/mol. The number of methoxy groups -OCH3 is 1. The molecule has 5 nitrogen and oxygen atoms in total. The summed E-state index contributed by atoms with van der Waals surface area (Å²) in [7, 11) is 1.68.